The van der Waals surface area contributed by atoms with Crippen LogP contribution in [0, 0.1) is 0 Å². The molecule has 130 valence electrons. The average molecular weight is 338 g/mol. The van der Waals surface area contributed by atoms with Gasteiger partial charge in [0.15, 0.2) is 5.82 Å². The zero-order valence-corrected chi connectivity index (χ0v) is 14.6. The van der Waals surface area contributed by atoms with Gasteiger partial charge in [-0.2, -0.15) is 4.98 Å². The van der Waals surface area contributed by atoms with Gasteiger partial charge in [0, 0.05) is 60.4 Å². The first kappa shape index (κ1) is 15.9. The highest BCUT2D eigenvalue weighted by atomic mass is 16.5. The number of carbonyl (C=O) groups is 1. The molecule has 1 amide bonds. The van der Waals surface area contributed by atoms with E-state index in [4.69, 9.17) is 4.52 Å². The van der Waals surface area contributed by atoms with E-state index < -0.39 is 0 Å². The van der Waals surface area contributed by atoms with Gasteiger partial charge in [0.1, 0.15) is 0 Å². The lowest BCUT2D eigenvalue weighted by atomic mass is 10.0. The quantitative estimate of drug-likeness (QED) is 0.793. The molecule has 1 aromatic carbocycles. The number of nitrogens with zero attached hydrogens (tertiary/aromatic N) is 3. The zero-order chi connectivity index (χ0) is 17.4. The van der Waals surface area contributed by atoms with Gasteiger partial charge < -0.3 is 14.4 Å². The highest BCUT2D eigenvalue weighted by Crippen LogP contribution is 2.27. The number of H-pyrrole nitrogens is 1. The van der Waals surface area contributed by atoms with E-state index in [1.807, 2.05) is 30.9 Å². The molecule has 3 heterocycles. The maximum absolute atomic E-state index is 12.6. The van der Waals surface area contributed by atoms with Crippen molar-refractivity contribution in [1.29, 1.82) is 0 Å². The first-order chi connectivity index (χ1) is 12.1. The van der Waals surface area contributed by atoms with E-state index in [1.54, 1.807) is 0 Å². The predicted octanol–water partition coefficient (Wildman–Crippen LogP) is 3.19. The zero-order valence-electron chi connectivity index (χ0n) is 14.6. The highest BCUT2D eigenvalue weighted by Gasteiger charge is 2.24. The van der Waals surface area contributed by atoms with Gasteiger partial charge in [-0.05, 0) is 6.07 Å². The largest absolute Gasteiger partial charge is 0.358 e. The molecular weight excluding hydrogens is 316 g/mol. The van der Waals surface area contributed by atoms with Gasteiger partial charge in [-0.15, -0.1) is 0 Å². The van der Waals surface area contributed by atoms with Crippen LogP contribution in [0.3, 0.4) is 0 Å². The second-order valence-corrected chi connectivity index (χ2v) is 6.89. The molecule has 4 rings (SSSR count). The maximum atomic E-state index is 12.6. The Bertz CT molecular complexity index is 909. The summed E-state index contributed by atoms with van der Waals surface area (Å²) in [5, 5.41) is 5.16. The number of benzene rings is 1. The lowest BCUT2D eigenvalue weighted by Crippen LogP contribution is -2.35. The number of aromatic amines is 1. The summed E-state index contributed by atoms with van der Waals surface area (Å²) in [6, 6.07) is 8.27. The second-order valence-electron chi connectivity index (χ2n) is 6.89. The van der Waals surface area contributed by atoms with Crippen LogP contribution < -0.4 is 0 Å². The minimum absolute atomic E-state index is 0.139. The number of carbonyl (C=O) groups excluding carboxylic acids is 1. The molecule has 1 aliphatic rings. The molecule has 0 fully saturated rings. The normalized spacial score (nSPS) is 14.3. The molecule has 0 atom stereocenters. The second kappa shape index (κ2) is 6.35. The Morgan fingerprint density at radius 3 is 3.00 bits per heavy atom. The summed E-state index contributed by atoms with van der Waals surface area (Å²) in [5.41, 5.74) is 3.65. The molecule has 6 nitrogen and oxygen atoms in total. The van der Waals surface area contributed by atoms with Gasteiger partial charge in [-0.1, -0.05) is 37.2 Å². The molecule has 25 heavy (non-hydrogen) atoms. The van der Waals surface area contributed by atoms with Crippen molar-refractivity contribution in [1.82, 2.24) is 20.0 Å². The van der Waals surface area contributed by atoms with Crippen LogP contribution in [-0.4, -0.2) is 32.5 Å². The van der Waals surface area contributed by atoms with Gasteiger partial charge in [0.05, 0.1) is 0 Å². The molecule has 0 unspecified atom stereocenters. The van der Waals surface area contributed by atoms with Gasteiger partial charge in [0.2, 0.25) is 11.8 Å². The lowest BCUT2D eigenvalue weighted by molar-refractivity contribution is -0.132. The fourth-order valence-electron chi connectivity index (χ4n) is 3.36. The van der Waals surface area contributed by atoms with Crippen molar-refractivity contribution >= 4 is 16.8 Å². The van der Waals surface area contributed by atoms with Gasteiger partial charge >= 0.3 is 0 Å². The number of hydrogen-bond donors (Lipinski definition) is 1. The van der Waals surface area contributed by atoms with Gasteiger partial charge in [0.25, 0.3) is 0 Å². The SMILES string of the molecule is CC(C)c1noc(CCC(=O)N2CCc3[nH]c4ccccc4c3C2)n1. The first-order valence-electron chi connectivity index (χ1n) is 8.80. The summed E-state index contributed by atoms with van der Waals surface area (Å²) < 4.78 is 5.23. The number of fused-ring (bicyclic) bond motifs is 3. The molecule has 3 aromatic rings. The van der Waals surface area contributed by atoms with Crippen LogP contribution in [0.2, 0.25) is 0 Å². The maximum Gasteiger partial charge on any atom is 0.227 e. The third kappa shape index (κ3) is 3.04. The van der Waals surface area contributed by atoms with Crippen LogP contribution in [0.4, 0.5) is 0 Å². The molecule has 1 N–H and O–H groups in total. The van der Waals surface area contributed by atoms with E-state index in [0.717, 1.165) is 18.5 Å². The Morgan fingerprint density at radius 1 is 1.36 bits per heavy atom. The average Bonchev–Trinajstić information content (AvgIpc) is 3.23. The van der Waals surface area contributed by atoms with Gasteiger partial charge in [-0.3, -0.25) is 4.79 Å². The summed E-state index contributed by atoms with van der Waals surface area (Å²) in [5.74, 6) is 1.61. The van der Waals surface area contributed by atoms with Crippen molar-refractivity contribution in [2.45, 2.75) is 45.6 Å². The number of para-hydroxylation sites is 1. The van der Waals surface area contributed by atoms with Crippen LogP contribution in [0.25, 0.3) is 10.9 Å². The smallest absolute Gasteiger partial charge is 0.227 e. The minimum Gasteiger partial charge on any atom is -0.358 e. The van der Waals surface area contributed by atoms with Crippen molar-refractivity contribution in [2.75, 3.05) is 6.54 Å². The fraction of sp³-hybridized carbons (Fsp3) is 0.421. The van der Waals surface area contributed by atoms with Crippen LogP contribution in [-0.2, 0) is 24.2 Å². The molecular formula is C19H22N4O2. The molecule has 0 radical (unpaired) electrons. The number of amides is 1. The molecule has 0 bridgehead atoms. The van der Waals surface area contributed by atoms with Crippen molar-refractivity contribution in [3.05, 3.63) is 47.2 Å². The summed E-state index contributed by atoms with van der Waals surface area (Å²) in [6.45, 7) is 5.46. The van der Waals surface area contributed by atoms with E-state index in [0.29, 0.717) is 31.1 Å². The van der Waals surface area contributed by atoms with Crippen molar-refractivity contribution in [3.8, 4) is 0 Å². The van der Waals surface area contributed by atoms with Crippen LogP contribution in [0.15, 0.2) is 28.8 Å². The van der Waals surface area contributed by atoms with E-state index in [-0.39, 0.29) is 11.8 Å². The molecule has 0 saturated heterocycles. The summed E-state index contributed by atoms with van der Waals surface area (Å²) >= 11 is 0. The molecule has 0 spiro atoms. The predicted molar refractivity (Wildman–Crippen MR) is 94.1 cm³/mol. The Morgan fingerprint density at radius 2 is 2.20 bits per heavy atom. The first-order valence-corrected chi connectivity index (χ1v) is 8.80. The van der Waals surface area contributed by atoms with Crippen LogP contribution >= 0.6 is 0 Å². The van der Waals surface area contributed by atoms with Crippen LogP contribution in [0.5, 0.6) is 0 Å². The Labute approximate surface area is 146 Å². The third-order valence-electron chi connectivity index (χ3n) is 4.79. The number of rotatable bonds is 4. The monoisotopic (exact) mass is 338 g/mol. The third-order valence-corrected chi connectivity index (χ3v) is 4.79. The van der Waals surface area contributed by atoms with E-state index in [1.165, 1.54) is 16.6 Å². The standard InChI is InChI=1S/C19H22N4O2/c1-12(2)19-21-17(25-22-19)7-8-18(24)23-10-9-16-14(11-23)13-5-3-4-6-15(13)20-16/h3-6,12,20H,7-11H2,1-2H3. The number of nitrogens with one attached hydrogen (secondary N) is 1. The summed E-state index contributed by atoms with van der Waals surface area (Å²) in [4.78, 5) is 22.4. The Kier molecular flexibility index (Phi) is 4.03. The molecule has 6 heteroatoms. The number of hydrogen-bond acceptors (Lipinski definition) is 4. The molecule has 0 saturated carbocycles. The minimum atomic E-state index is 0.139. The topological polar surface area (TPSA) is 75.0 Å². The lowest BCUT2D eigenvalue weighted by Gasteiger charge is -2.27. The molecule has 0 aliphatic carbocycles. The molecule has 2 aromatic heterocycles. The van der Waals surface area contributed by atoms with E-state index >= 15 is 0 Å². The Balaban J connectivity index is 1.43. The number of aryl methyl sites for hydroxylation is 1. The fourth-order valence-corrected chi connectivity index (χ4v) is 3.36. The Hall–Kier alpha value is -2.63. The van der Waals surface area contributed by atoms with Crippen molar-refractivity contribution in [2.24, 2.45) is 0 Å². The summed E-state index contributed by atoms with van der Waals surface area (Å²) in [6.07, 6.45) is 1.76. The number of aromatic nitrogens is 3. The van der Waals surface area contributed by atoms with Crippen molar-refractivity contribution in [3.63, 3.8) is 0 Å². The molecule has 1 aliphatic heterocycles. The van der Waals surface area contributed by atoms with Crippen molar-refractivity contribution < 1.29 is 9.32 Å². The van der Waals surface area contributed by atoms with E-state index in [9.17, 15) is 4.79 Å². The summed E-state index contributed by atoms with van der Waals surface area (Å²) in [7, 11) is 0. The van der Waals surface area contributed by atoms with Crippen LogP contribution in [0.1, 0.15) is 49.2 Å². The van der Waals surface area contributed by atoms with Gasteiger partial charge in [-0.25, -0.2) is 0 Å². The van der Waals surface area contributed by atoms with E-state index in [2.05, 4.69) is 27.3 Å². The highest BCUT2D eigenvalue weighted by molar-refractivity contribution is 5.86.